The van der Waals surface area contributed by atoms with E-state index < -0.39 is 0 Å². The fraction of sp³-hybridized carbons (Fsp3) is 0.200. The Morgan fingerprint density at radius 2 is 1.94 bits per heavy atom. The molecule has 2 aromatic rings. The summed E-state index contributed by atoms with van der Waals surface area (Å²) in [5.74, 6) is -0.228. The minimum Gasteiger partial charge on any atom is -0.378 e. The highest BCUT2D eigenvalue weighted by atomic mass is 79.9. The molecule has 0 fully saturated rings. The van der Waals surface area contributed by atoms with E-state index in [9.17, 15) is 4.39 Å². The Hall–Kier alpha value is -1.35. The van der Waals surface area contributed by atoms with Crippen LogP contribution >= 0.6 is 15.9 Å². The Morgan fingerprint density at radius 3 is 2.61 bits per heavy atom. The zero-order valence-electron chi connectivity index (χ0n) is 10.4. The summed E-state index contributed by atoms with van der Waals surface area (Å²) in [6, 6.07) is 13.1. The van der Waals surface area contributed by atoms with E-state index in [1.54, 1.807) is 6.07 Å². The summed E-state index contributed by atoms with van der Waals surface area (Å²) in [7, 11) is 0. The zero-order chi connectivity index (χ0) is 13.1. The van der Waals surface area contributed by atoms with Gasteiger partial charge in [-0.1, -0.05) is 34.1 Å². The molecule has 2 rings (SSSR count). The summed E-state index contributed by atoms with van der Waals surface area (Å²) in [6.07, 6.45) is 0. The minimum atomic E-state index is -0.228. The van der Waals surface area contributed by atoms with Gasteiger partial charge in [0.15, 0.2) is 0 Å². The summed E-state index contributed by atoms with van der Waals surface area (Å²) in [5.41, 5.74) is 3.32. The van der Waals surface area contributed by atoms with Gasteiger partial charge in [-0.2, -0.15) is 0 Å². The number of hydrogen-bond donors (Lipinski definition) is 1. The molecule has 0 aliphatic heterocycles. The van der Waals surface area contributed by atoms with Gasteiger partial charge in [0.2, 0.25) is 0 Å². The number of nitrogens with one attached hydrogen (secondary N) is 1. The molecule has 1 nitrogen and oxygen atoms in total. The lowest BCUT2D eigenvalue weighted by molar-refractivity contribution is 0.625. The van der Waals surface area contributed by atoms with Crippen LogP contribution in [0.4, 0.5) is 10.1 Å². The average molecular weight is 308 g/mol. The Kier molecular flexibility index (Phi) is 4.02. The topological polar surface area (TPSA) is 12.0 Å². The van der Waals surface area contributed by atoms with Gasteiger partial charge in [0.1, 0.15) is 5.82 Å². The van der Waals surface area contributed by atoms with Gasteiger partial charge in [0.25, 0.3) is 0 Å². The highest BCUT2D eigenvalue weighted by Gasteiger charge is 2.09. The van der Waals surface area contributed by atoms with Crippen molar-refractivity contribution in [2.45, 2.75) is 19.9 Å². The lowest BCUT2D eigenvalue weighted by Crippen LogP contribution is -2.07. The predicted octanol–water partition coefficient (Wildman–Crippen LogP) is 5.07. The largest absolute Gasteiger partial charge is 0.378 e. The van der Waals surface area contributed by atoms with Crippen molar-refractivity contribution in [3.63, 3.8) is 0 Å². The minimum absolute atomic E-state index is 0.113. The molecule has 0 aliphatic carbocycles. The van der Waals surface area contributed by atoms with Crippen molar-refractivity contribution in [1.82, 2.24) is 0 Å². The summed E-state index contributed by atoms with van der Waals surface area (Å²) < 4.78 is 13.8. The first-order chi connectivity index (χ1) is 8.56. The average Bonchev–Trinajstić information content (AvgIpc) is 2.28. The van der Waals surface area contributed by atoms with Crippen molar-refractivity contribution in [1.29, 1.82) is 0 Å². The van der Waals surface area contributed by atoms with Gasteiger partial charge in [-0.05, 0) is 49.2 Å². The first kappa shape index (κ1) is 13.1. The summed E-state index contributed by atoms with van der Waals surface area (Å²) in [6.45, 7) is 4.12. The molecule has 1 N–H and O–H groups in total. The van der Waals surface area contributed by atoms with Crippen LogP contribution in [0.2, 0.25) is 0 Å². The predicted molar refractivity (Wildman–Crippen MR) is 77.3 cm³/mol. The van der Waals surface area contributed by atoms with Crippen molar-refractivity contribution in [2.24, 2.45) is 0 Å². The van der Waals surface area contributed by atoms with Gasteiger partial charge in [0.05, 0.1) is 0 Å². The first-order valence-electron chi connectivity index (χ1n) is 5.84. The standard InChI is InChI=1S/C15H15BrFN/c1-10-4-3-5-13(8-10)18-11(2)14-7-6-12(17)9-15(14)16/h3-9,11,18H,1-2H3. The smallest absolute Gasteiger partial charge is 0.124 e. The van der Waals surface area contributed by atoms with Crippen LogP contribution in [0.3, 0.4) is 0 Å². The number of rotatable bonds is 3. The maximum Gasteiger partial charge on any atom is 0.124 e. The fourth-order valence-corrected chi connectivity index (χ4v) is 2.61. The lowest BCUT2D eigenvalue weighted by Gasteiger charge is -2.17. The third-order valence-electron chi connectivity index (χ3n) is 2.83. The van der Waals surface area contributed by atoms with Crippen LogP contribution in [0.25, 0.3) is 0 Å². The van der Waals surface area contributed by atoms with E-state index in [4.69, 9.17) is 0 Å². The number of anilines is 1. The van der Waals surface area contributed by atoms with Crippen molar-refractivity contribution in [3.05, 3.63) is 63.9 Å². The second kappa shape index (κ2) is 5.53. The highest BCUT2D eigenvalue weighted by Crippen LogP contribution is 2.27. The van der Waals surface area contributed by atoms with Gasteiger partial charge < -0.3 is 5.32 Å². The van der Waals surface area contributed by atoms with E-state index in [1.165, 1.54) is 17.7 Å². The Labute approximate surface area is 115 Å². The van der Waals surface area contributed by atoms with Gasteiger partial charge in [-0.25, -0.2) is 4.39 Å². The van der Waals surface area contributed by atoms with Crippen LogP contribution in [-0.4, -0.2) is 0 Å². The second-order valence-corrected chi connectivity index (χ2v) is 5.26. The molecule has 2 aromatic carbocycles. The maximum atomic E-state index is 13.0. The third kappa shape index (κ3) is 3.10. The Balaban J connectivity index is 2.19. The molecule has 0 amide bonds. The molecule has 0 aromatic heterocycles. The SMILES string of the molecule is Cc1cccc(NC(C)c2ccc(F)cc2Br)c1. The fourth-order valence-electron chi connectivity index (χ4n) is 1.92. The van der Waals surface area contributed by atoms with Crippen molar-refractivity contribution < 1.29 is 4.39 Å². The molecule has 0 saturated heterocycles. The molecule has 18 heavy (non-hydrogen) atoms. The molecular weight excluding hydrogens is 293 g/mol. The van der Waals surface area contributed by atoms with Crippen LogP contribution in [-0.2, 0) is 0 Å². The number of hydrogen-bond acceptors (Lipinski definition) is 1. The van der Waals surface area contributed by atoms with E-state index in [0.29, 0.717) is 0 Å². The van der Waals surface area contributed by atoms with Crippen molar-refractivity contribution in [3.8, 4) is 0 Å². The molecule has 94 valence electrons. The van der Waals surface area contributed by atoms with E-state index in [-0.39, 0.29) is 11.9 Å². The number of halogens is 2. The van der Waals surface area contributed by atoms with E-state index in [1.807, 2.05) is 12.1 Å². The second-order valence-electron chi connectivity index (χ2n) is 4.40. The van der Waals surface area contributed by atoms with Crippen LogP contribution in [0, 0.1) is 12.7 Å². The van der Waals surface area contributed by atoms with Gasteiger partial charge in [-0.3, -0.25) is 0 Å². The summed E-state index contributed by atoms with van der Waals surface area (Å²) in [4.78, 5) is 0. The number of benzene rings is 2. The van der Waals surface area contributed by atoms with E-state index in [2.05, 4.69) is 47.2 Å². The molecule has 0 spiro atoms. The van der Waals surface area contributed by atoms with Crippen LogP contribution in [0.1, 0.15) is 24.1 Å². The maximum absolute atomic E-state index is 13.0. The molecule has 0 radical (unpaired) electrons. The monoisotopic (exact) mass is 307 g/mol. The molecule has 0 aliphatic rings. The van der Waals surface area contributed by atoms with Crippen LogP contribution in [0.5, 0.6) is 0 Å². The molecule has 1 unspecified atom stereocenters. The lowest BCUT2D eigenvalue weighted by atomic mass is 10.1. The van der Waals surface area contributed by atoms with Crippen molar-refractivity contribution >= 4 is 21.6 Å². The van der Waals surface area contributed by atoms with Gasteiger partial charge in [-0.15, -0.1) is 0 Å². The Bertz CT molecular complexity index is 554. The molecular formula is C15H15BrFN. The van der Waals surface area contributed by atoms with Gasteiger partial charge >= 0.3 is 0 Å². The van der Waals surface area contributed by atoms with Gasteiger partial charge in [0, 0.05) is 16.2 Å². The molecule has 0 saturated carbocycles. The Morgan fingerprint density at radius 1 is 1.17 bits per heavy atom. The number of aryl methyl sites for hydroxylation is 1. The third-order valence-corrected chi connectivity index (χ3v) is 3.52. The first-order valence-corrected chi connectivity index (χ1v) is 6.64. The molecule has 0 heterocycles. The normalized spacial score (nSPS) is 12.2. The quantitative estimate of drug-likeness (QED) is 0.834. The summed E-state index contributed by atoms with van der Waals surface area (Å²) in [5, 5.41) is 3.41. The van der Waals surface area contributed by atoms with E-state index >= 15 is 0 Å². The summed E-state index contributed by atoms with van der Waals surface area (Å²) >= 11 is 3.40. The highest BCUT2D eigenvalue weighted by molar-refractivity contribution is 9.10. The van der Waals surface area contributed by atoms with Crippen LogP contribution < -0.4 is 5.32 Å². The molecule has 3 heteroatoms. The van der Waals surface area contributed by atoms with Crippen LogP contribution in [0.15, 0.2) is 46.9 Å². The zero-order valence-corrected chi connectivity index (χ0v) is 12.0. The van der Waals surface area contributed by atoms with Crippen molar-refractivity contribution in [2.75, 3.05) is 5.32 Å². The molecule has 0 bridgehead atoms. The van der Waals surface area contributed by atoms with E-state index in [0.717, 1.165) is 15.7 Å². The molecule has 1 atom stereocenters.